The van der Waals surface area contributed by atoms with Crippen LogP contribution in [0.3, 0.4) is 0 Å². The first-order valence-corrected chi connectivity index (χ1v) is 19.9. The van der Waals surface area contributed by atoms with E-state index in [1.165, 1.54) is 53.0 Å². The van der Waals surface area contributed by atoms with E-state index in [-0.39, 0.29) is 5.41 Å². The topological polar surface area (TPSA) is 3.24 Å². The van der Waals surface area contributed by atoms with Gasteiger partial charge in [0.15, 0.2) is 0 Å². The van der Waals surface area contributed by atoms with E-state index >= 15 is 0 Å². The number of rotatable bonds is 8. The van der Waals surface area contributed by atoms with Gasteiger partial charge in [-0.1, -0.05) is 160 Å². The van der Waals surface area contributed by atoms with Crippen molar-refractivity contribution in [3.8, 4) is 22.3 Å². The highest BCUT2D eigenvalue weighted by Gasteiger charge is 2.44. The van der Waals surface area contributed by atoms with Gasteiger partial charge < -0.3 is 4.90 Å². The van der Waals surface area contributed by atoms with E-state index in [0.29, 0.717) is 0 Å². The lowest BCUT2D eigenvalue weighted by atomic mass is 9.82. The molecule has 9 rings (SSSR count). The van der Waals surface area contributed by atoms with Gasteiger partial charge in [0.05, 0.1) is 11.4 Å². The molecule has 1 heterocycles. The predicted molar refractivity (Wildman–Crippen MR) is 225 cm³/mol. The van der Waals surface area contributed by atoms with E-state index in [1.54, 1.807) is 0 Å². The van der Waals surface area contributed by atoms with Crippen LogP contribution >= 0.6 is 10.0 Å². The fourth-order valence-corrected chi connectivity index (χ4v) is 12.8. The minimum absolute atomic E-state index is 0.141. The first-order valence-electron chi connectivity index (χ1n) is 18.3. The van der Waals surface area contributed by atoms with Crippen molar-refractivity contribution >= 4 is 27.1 Å². The summed E-state index contributed by atoms with van der Waals surface area (Å²) in [5, 5.41) is 0. The Hall–Kier alpha value is -6.09. The van der Waals surface area contributed by atoms with Gasteiger partial charge in [0.1, 0.15) is 0 Å². The molecule has 0 fully saturated rings. The average Bonchev–Trinajstić information content (AvgIpc) is 3.65. The molecule has 0 bridgehead atoms. The van der Waals surface area contributed by atoms with Crippen LogP contribution in [0.1, 0.15) is 30.5 Å². The molecular formula is C51H41NS. The number of allylic oxidation sites excluding steroid dienone is 4. The Morgan fingerprint density at radius 1 is 0.547 bits per heavy atom. The van der Waals surface area contributed by atoms with Gasteiger partial charge in [0.25, 0.3) is 0 Å². The lowest BCUT2D eigenvalue weighted by Gasteiger charge is -2.39. The molecule has 53 heavy (non-hydrogen) atoms. The number of anilines is 2. The molecule has 7 aromatic rings. The zero-order valence-corrected chi connectivity index (χ0v) is 30.9. The Morgan fingerprint density at radius 2 is 1.13 bits per heavy atom. The SMILES string of the molecule is C=C/C=C\C=C(/c1ccccc1)N(c1ccc2c(c1)C(C)(C)c1ccccc1-2)c1cccc2c1-c1ccccc1S2(c1ccccc1)c1ccccc1. The highest BCUT2D eigenvalue weighted by Crippen LogP contribution is 2.80. The molecule has 1 aliphatic carbocycles. The van der Waals surface area contributed by atoms with Crippen LogP contribution in [0.15, 0.2) is 226 Å². The van der Waals surface area contributed by atoms with Gasteiger partial charge in [0.2, 0.25) is 0 Å². The van der Waals surface area contributed by atoms with Crippen molar-refractivity contribution in [2.75, 3.05) is 4.90 Å². The zero-order chi connectivity index (χ0) is 36.0. The Labute approximate surface area is 315 Å². The van der Waals surface area contributed by atoms with E-state index in [0.717, 1.165) is 22.6 Å². The maximum atomic E-state index is 3.99. The largest absolute Gasteiger partial charge is 0.309 e. The Bertz CT molecular complexity index is 2500. The lowest BCUT2D eigenvalue weighted by molar-refractivity contribution is 0.660. The summed E-state index contributed by atoms with van der Waals surface area (Å²) in [5.74, 6) is 0. The third kappa shape index (κ3) is 5.09. The summed E-state index contributed by atoms with van der Waals surface area (Å²) >= 11 is 0. The molecule has 0 saturated heterocycles. The maximum absolute atomic E-state index is 3.99. The molecule has 0 aromatic heterocycles. The summed E-state index contributed by atoms with van der Waals surface area (Å²) in [6, 6.07) is 65.2. The molecule has 0 saturated carbocycles. The third-order valence-corrected chi connectivity index (χ3v) is 14.9. The van der Waals surface area contributed by atoms with Crippen molar-refractivity contribution in [2.45, 2.75) is 38.8 Å². The van der Waals surface area contributed by atoms with Crippen LogP contribution in [-0.2, 0) is 5.41 Å². The van der Waals surface area contributed by atoms with Crippen LogP contribution in [-0.4, -0.2) is 0 Å². The quantitative estimate of drug-likeness (QED) is 0.143. The number of nitrogens with zero attached hydrogens (tertiary/aromatic N) is 1. The average molecular weight is 700 g/mol. The van der Waals surface area contributed by atoms with Crippen molar-refractivity contribution in [1.29, 1.82) is 0 Å². The minimum atomic E-state index is -1.82. The van der Waals surface area contributed by atoms with E-state index in [1.807, 2.05) is 12.2 Å². The number of hydrogen-bond donors (Lipinski definition) is 0. The highest BCUT2D eigenvalue weighted by atomic mass is 32.3. The van der Waals surface area contributed by atoms with Gasteiger partial charge in [-0.15, -0.1) is 10.0 Å². The molecule has 1 aliphatic heterocycles. The van der Waals surface area contributed by atoms with Crippen LogP contribution in [0, 0.1) is 0 Å². The molecule has 7 aromatic carbocycles. The Kier molecular flexibility index (Phi) is 8.14. The Balaban J connectivity index is 1.38. The van der Waals surface area contributed by atoms with Crippen LogP contribution in [0.2, 0.25) is 0 Å². The fraction of sp³-hybridized carbons (Fsp3) is 0.0588. The van der Waals surface area contributed by atoms with Crippen LogP contribution in [0.25, 0.3) is 28.0 Å². The summed E-state index contributed by atoms with van der Waals surface area (Å²) in [7, 11) is -1.82. The van der Waals surface area contributed by atoms with E-state index in [4.69, 9.17) is 0 Å². The van der Waals surface area contributed by atoms with Gasteiger partial charge in [-0.25, -0.2) is 0 Å². The fourth-order valence-electron chi connectivity index (χ4n) is 8.56. The molecule has 2 heteroatoms. The second-order valence-corrected chi connectivity index (χ2v) is 17.2. The van der Waals surface area contributed by atoms with Gasteiger partial charge in [-0.2, -0.15) is 0 Å². The molecule has 0 spiro atoms. The van der Waals surface area contributed by atoms with E-state index in [2.05, 4.69) is 213 Å². The van der Waals surface area contributed by atoms with Crippen molar-refractivity contribution in [2.24, 2.45) is 0 Å². The maximum Gasteiger partial charge on any atom is 0.0551 e. The molecule has 0 radical (unpaired) electrons. The van der Waals surface area contributed by atoms with Gasteiger partial charge in [-0.3, -0.25) is 0 Å². The van der Waals surface area contributed by atoms with Crippen LogP contribution in [0.4, 0.5) is 11.4 Å². The summed E-state index contributed by atoms with van der Waals surface area (Å²) in [4.78, 5) is 7.92. The van der Waals surface area contributed by atoms with Gasteiger partial charge in [0, 0.05) is 36.2 Å². The summed E-state index contributed by atoms with van der Waals surface area (Å²) in [5.41, 5.74) is 12.3. The van der Waals surface area contributed by atoms with Gasteiger partial charge >= 0.3 is 0 Å². The van der Waals surface area contributed by atoms with Crippen molar-refractivity contribution < 1.29 is 0 Å². The van der Waals surface area contributed by atoms with Crippen molar-refractivity contribution in [3.05, 3.63) is 223 Å². The molecule has 0 unspecified atom stereocenters. The van der Waals surface area contributed by atoms with Crippen molar-refractivity contribution in [3.63, 3.8) is 0 Å². The van der Waals surface area contributed by atoms with Crippen LogP contribution in [0.5, 0.6) is 0 Å². The summed E-state index contributed by atoms with van der Waals surface area (Å²) < 4.78 is 0. The monoisotopic (exact) mass is 699 g/mol. The first-order chi connectivity index (χ1) is 26.0. The Morgan fingerprint density at radius 3 is 1.83 bits per heavy atom. The highest BCUT2D eigenvalue weighted by molar-refractivity contribution is 8.34. The molecule has 256 valence electrons. The smallest absolute Gasteiger partial charge is 0.0551 e. The minimum Gasteiger partial charge on any atom is -0.309 e. The van der Waals surface area contributed by atoms with Crippen molar-refractivity contribution in [1.82, 2.24) is 0 Å². The second kappa shape index (κ2) is 13.2. The third-order valence-electron chi connectivity index (χ3n) is 10.9. The molecule has 0 N–H and O–H groups in total. The van der Waals surface area contributed by atoms with E-state index < -0.39 is 10.0 Å². The standard InChI is InChI=1S/C51H41NS/c1-4-5-9-30-46(37-21-10-6-11-22-37)52(38-34-35-42-41-27-16-18-29-44(41)51(2,3)45(42)36-38)47-31-20-33-49-50(47)43-28-17-19-32-48(43)53(49,39-23-12-7-13-24-39)40-25-14-8-15-26-40/h4-36H,1H2,2-3H3/b9-5-,46-30+. The molecule has 0 atom stereocenters. The first kappa shape index (κ1) is 32.8. The zero-order valence-electron chi connectivity index (χ0n) is 30.1. The summed E-state index contributed by atoms with van der Waals surface area (Å²) in [6.45, 7) is 8.71. The normalized spacial score (nSPS) is 15.2. The number of hydrogen-bond acceptors (Lipinski definition) is 1. The number of benzene rings is 7. The predicted octanol–water partition coefficient (Wildman–Crippen LogP) is 14.2. The van der Waals surface area contributed by atoms with E-state index in [9.17, 15) is 0 Å². The molecule has 2 aliphatic rings. The molecule has 0 amide bonds. The van der Waals surface area contributed by atoms with Crippen LogP contribution < -0.4 is 4.90 Å². The summed E-state index contributed by atoms with van der Waals surface area (Å²) in [6.07, 6.45) is 8.19. The van der Waals surface area contributed by atoms with Gasteiger partial charge in [-0.05, 0) is 94.1 Å². The number of fused-ring (bicyclic) bond motifs is 6. The second-order valence-electron chi connectivity index (χ2n) is 14.2. The molecule has 1 nitrogen and oxygen atoms in total. The lowest BCUT2D eigenvalue weighted by Crippen LogP contribution is -2.19. The molecular weight excluding hydrogens is 659 g/mol.